The first-order chi connectivity index (χ1) is 10.8. The van der Waals surface area contributed by atoms with Gasteiger partial charge in [-0.1, -0.05) is 29.8 Å². The van der Waals surface area contributed by atoms with E-state index in [1.807, 2.05) is 31.2 Å². The third kappa shape index (κ3) is 3.21. The van der Waals surface area contributed by atoms with Crippen molar-refractivity contribution in [2.24, 2.45) is 5.41 Å². The standard InChI is InChI=1S/C18H20BrNO3/c1-10-15-13(21)8-18(2,3)9-14(15)23-16(10)17(22)20-12-6-4-11(19)5-7-12/h4-7,13,21H,8-9H2,1-3H3,(H,20,22). The summed E-state index contributed by atoms with van der Waals surface area (Å²) in [5.74, 6) is 0.728. The van der Waals surface area contributed by atoms with Crippen LogP contribution in [0.5, 0.6) is 0 Å². The van der Waals surface area contributed by atoms with E-state index in [1.54, 1.807) is 0 Å². The normalized spacial score (nSPS) is 19.3. The van der Waals surface area contributed by atoms with Crippen molar-refractivity contribution < 1.29 is 14.3 Å². The molecule has 23 heavy (non-hydrogen) atoms. The molecule has 122 valence electrons. The Bertz CT molecular complexity index is 746. The second-order valence-corrected chi connectivity index (χ2v) is 7.83. The number of hydrogen-bond donors (Lipinski definition) is 2. The summed E-state index contributed by atoms with van der Waals surface area (Å²) in [5, 5.41) is 13.2. The molecule has 0 aliphatic heterocycles. The molecule has 0 radical (unpaired) electrons. The van der Waals surface area contributed by atoms with Crippen molar-refractivity contribution in [3.63, 3.8) is 0 Å². The van der Waals surface area contributed by atoms with E-state index in [1.165, 1.54) is 0 Å². The number of hydrogen-bond acceptors (Lipinski definition) is 3. The van der Waals surface area contributed by atoms with Crippen LogP contribution in [-0.2, 0) is 6.42 Å². The highest BCUT2D eigenvalue weighted by atomic mass is 79.9. The van der Waals surface area contributed by atoms with Gasteiger partial charge in [-0.25, -0.2) is 0 Å². The van der Waals surface area contributed by atoms with Crippen molar-refractivity contribution in [2.45, 2.75) is 39.7 Å². The zero-order chi connectivity index (χ0) is 16.8. The molecule has 0 bridgehead atoms. The van der Waals surface area contributed by atoms with Crippen LogP contribution in [-0.4, -0.2) is 11.0 Å². The Morgan fingerprint density at radius 1 is 1.35 bits per heavy atom. The SMILES string of the molecule is Cc1c(C(=O)Nc2ccc(Br)cc2)oc2c1C(O)CC(C)(C)C2. The van der Waals surface area contributed by atoms with Crippen molar-refractivity contribution in [3.8, 4) is 0 Å². The Labute approximate surface area is 144 Å². The van der Waals surface area contributed by atoms with Crippen molar-refractivity contribution in [3.05, 3.63) is 51.4 Å². The fraction of sp³-hybridized carbons (Fsp3) is 0.389. The summed E-state index contributed by atoms with van der Waals surface area (Å²) in [6.07, 6.45) is 0.826. The van der Waals surface area contributed by atoms with E-state index in [4.69, 9.17) is 4.42 Å². The number of carbonyl (C=O) groups is 1. The number of aliphatic hydroxyl groups excluding tert-OH is 1. The van der Waals surface area contributed by atoms with Gasteiger partial charge < -0.3 is 14.8 Å². The van der Waals surface area contributed by atoms with Crippen LogP contribution >= 0.6 is 15.9 Å². The van der Waals surface area contributed by atoms with Gasteiger partial charge in [0, 0.05) is 27.7 Å². The molecule has 5 heteroatoms. The number of anilines is 1. The number of fused-ring (bicyclic) bond motifs is 1. The molecule has 3 rings (SSSR count). The molecule has 1 unspecified atom stereocenters. The topological polar surface area (TPSA) is 62.5 Å². The lowest BCUT2D eigenvalue weighted by atomic mass is 9.75. The molecular formula is C18H20BrNO3. The Balaban J connectivity index is 1.89. The second-order valence-electron chi connectivity index (χ2n) is 6.91. The minimum absolute atomic E-state index is 0.0316. The molecule has 1 aliphatic rings. The number of nitrogens with one attached hydrogen (secondary N) is 1. The number of halogens is 1. The molecule has 2 N–H and O–H groups in total. The van der Waals surface area contributed by atoms with Crippen molar-refractivity contribution in [1.82, 2.24) is 0 Å². The van der Waals surface area contributed by atoms with Crippen LogP contribution in [0.4, 0.5) is 5.69 Å². The minimum Gasteiger partial charge on any atom is -0.455 e. The summed E-state index contributed by atoms with van der Waals surface area (Å²) in [6, 6.07) is 7.36. The molecule has 0 spiro atoms. The van der Waals surface area contributed by atoms with E-state index in [0.29, 0.717) is 12.1 Å². The Hall–Kier alpha value is -1.59. The molecule has 2 aromatic rings. The van der Waals surface area contributed by atoms with Gasteiger partial charge in [0.25, 0.3) is 5.91 Å². The summed E-state index contributed by atoms with van der Waals surface area (Å²) in [7, 11) is 0. The van der Waals surface area contributed by atoms with Gasteiger partial charge in [-0.15, -0.1) is 0 Å². The fourth-order valence-electron chi connectivity index (χ4n) is 3.22. The van der Waals surface area contributed by atoms with E-state index >= 15 is 0 Å². The number of aliphatic hydroxyl groups is 1. The fourth-order valence-corrected chi connectivity index (χ4v) is 3.49. The Morgan fingerprint density at radius 2 is 2.00 bits per heavy atom. The number of amides is 1. The van der Waals surface area contributed by atoms with Gasteiger partial charge in [0.1, 0.15) is 5.76 Å². The van der Waals surface area contributed by atoms with E-state index in [2.05, 4.69) is 35.1 Å². The van der Waals surface area contributed by atoms with Crippen molar-refractivity contribution in [2.75, 3.05) is 5.32 Å². The zero-order valence-electron chi connectivity index (χ0n) is 13.4. The number of rotatable bonds is 2. The molecule has 1 amide bonds. The van der Waals surface area contributed by atoms with Crippen LogP contribution in [0.1, 0.15) is 53.8 Å². The van der Waals surface area contributed by atoms with Gasteiger partial charge in [-0.05, 0) is 43.0 Å². The highest BCUT2D eigenvalue weighted by molar-refractivity contribution is 9.10. The van der Waals surface area contributed by atoms with E-state index < -0.39 is 6.10 Å². The Kier molecular flexibility index (Phi) is 4.10. The second kappa shape index (κ2) is 5.80. The minimum atomic E-state index is -0.577. The smallest absolute Gasteiger partial charge is 0.291 e. The van der Waals surface area contributed by atoms with Crippen LogP contribution < -0.4 is 5.32 Å². The molecule has 1 aromatic carbocycles. The monoisotopic (exact) mass is 377 g/mol. The number of benzene rings is 1. The molecule has 4 nitrogen and oxygen atoms in total. The zero-order valence-corrected chi connectivity index (χ0v) is 15.0. The molecule has 0 saturated heterocycles. The lowest BCUT2D eigenvalue weighted by Crippen LogP contribution is -2.24. The van der Waals surface area contributed by atoms with Gasteiger partial charge in [0.15, 0.2) is 5.76 Å². The quantitative estimate of drug-likeness (QED) is 0.802. The molecular weight excluding hydrogens is 358 g/mol. The first-order valence-corrected chi connectivity index (χ1v) is 8.43. The molecule has 1 aliphatic carbocycles. The average molecular weight is 378 g/mol. The third-order valence-electron chi connectivity index (χ3n) is 4.30. The summed E-state index contributed by atoms with van der Waals surface area (Å²) in [5.41, 5.74) is 2.19. The van der Waals surface area contributed by atoms with Crippen LogP contribution in [0.2, 0.25) is 0 Å². The predicted molar refractivity (Wildman–Crippen MR) is 92.6 cm³/mol. The first kappa shape index (κ1) is 16.3. The maximum absolute atomic E-state index is 12.5. The summed E-state index contributed by atoms with van der Waals surface area (Å²) >= 11 is 3.36. The Morgan fingerprint density at radius 3 is 2.65 bits per heavy atom. The van der Waals surface area contributed by atoms with Crippen molar-refractivity contribution in [1.29, 1.82) is 0 Å². The van der Waals surface area contributed by atoms with Gasteiger partial charge in [-0.2, -0.15) is 0 Å². The molecule has 0 saturated carbocycles. The number of carbonyl (C=O) groups excluding carboxylic acids is 1. The van der Waals surface area contributed by atoms with E-state index in [0.717, 1.165) is 27.8 Å². The first-order valence-electron chi connectivity index (χ1n) is 7.64. The molecule has 1 heterocycles. The largest absolute Gasteiger partial charge is 0.455 e. The van der Waals surface area contributed by atoms with Crippen LogP contribution in [0.25, 0.3) is 0 Å². The molecule has 0 fully saturated rings. The number of furan rings is 1. The molecule has 1 atom stereocenters. The summed E-state index contributed by atoms with van der Waals surface area (Å²) in [6.45, 7) is 6.03. The predicted octanol–water partition coefficient (Wildman–Crippen LogP) is 4.61. The van der Waals surface area contributed by atoms with Crippen LogP contribution in [0.15, 0.2) is 33.2 Å². The summed E-state index contributed by atoms with van der Waals surface area (Å²) in [4.78, 5) is 12.5. The van der Waals surface area contributed by atoms with Crippen LogP contribution in [0, 0.1) is 12.3 Å². The highest BCUT2D eigenvalue weighted by Gasteiger charge is 2.37. The average Bonchev–Trinajstić information content (AvgIpc) is 2.77. The maximum Gasteiger partial charge on any atom is 0.291 e. The highest BCUT2D eigenvalue weighted by Crippen LogP contribution is 2.44. The van der Waals surface area contributed by atoms with Gasteiger partial charge in [0.2, 0.25) is 0 Å². The van der Waals surface area contributed by atoms with E-state index in [9.17, 15) is 9.90 Å². The lowest BCUT2D eigenvalue weighted by Gasteiger charge is -2.31. The molecule has 1 aromatic heterocycles. The van der Waals surface area contributed by atoms with Crippen LogP contribution in [0.3, 0.4) is 0 Å². The van der Waals surface area contributed by atoms with Gasteiger partial charge >= 0.3 is 0 Å². The van der Waals surface area contributed by atoms with Crippen molar-refractivity contribution >= 4 is 27.5 Å². The maximum atomic E-state index is 12.5. The third-order valence-corrected chi connectivity index (χ3v) is 4.83. The summed E-state index contributed by atoms with van der Waals surface area (Å²) < 4.78 is 6.77. The lowest BCUT2D eigenvalue weighted by molar-refractivity contribution is 0.0910. The van der Waals surface area contributed by atoms with Gasteiger partial charge in [0.05, 0.1) is 6.10 Å². The van der Waals surface area contributed by atoms with E-state index in [-0.39, 0.29) is 17.1 Å². The van der Waals surface area contributed by atoms with Gasteiger partial charge in [-0.3, -0.25) is 4.79 Å².